The summed E-state index contributed by atoms with van der Waals surface area (Å²) in [5, 5.41) is 54.3. The molecule has 2 aliphatic carbocycles. The number of aliphatic hydroxyl groups is 2. The molecule has 2 amide bonds. The number of aromatic amines is 1. The van der Waals surface area contributed by atoms with E-state index in [0.29, 0.717) is 45.4 Å². The molecule has 0 bridgehead atoms. The van der Waals surface area contributed by atoms with Crippen molar-refractivity contribution in [3.05, 3.63) is 140 Å². The highest BCUT2D eigenvalue weighted by Gasteiger charge is 2.32. The van der Waals surface area contributed by atoms with Gasteiger partial charge in [0.1, 0.15) is 34.3 Å². The highest BCUT2D eigenvalue weighted by molar-refractivity contribution is 6.30. The fraction of sp³-hybridized carbons (Fsp3) is 0.125. The Kier molecular flexibility index (Phi) is 9.40. The van der Waals surface area contributed by atoms with Gasteiger partial charge in [-0.2, -0.15) is 5.10 Å². The lowest BCUT2D eigenvalue weighted by molar-refractivity contribution is 0.0697. The monoisotopic (exact) mass is 746 g/mol. The zero-order valence-electron chi connectivity index (χ0n) is 28.4. The molecule has 1 unspecified atom stereocenters. The third-order valence-corrected chi connectivity index (χ3v) is 9.49. The Morgan fingerprint density at radius 2 is 1.67 bits per heavy atom. The van der Waals surface area contributed by atoms with Crippen LogP contribution < -0.4 is 16.1 Å². The van der Waals surface area contributed by atoms with Gasteiger partial charge >= 0.3 is 5.97 Å². The van der Waals surface area contributed by atoms with Gasteiger partial charge in [0.15, 0.2) is 5.43 Å². The van der Waals surface area contributed by atoms with Gasteiger partial charge in [-0.25, -0.2) is 4.79 Å². The number of phenolic OH excluding ortho intramolecular Hbond substituents is 1. The number of allylic oxidation sites excluding steroid dienone is 3. The van der Waals surface area contributed by atoms with Crippen molar-refractivity contribution in [2.24, 2.45) is 0 Å². The first kappa shape index (κ1) is 35.5. The van der Waals surface area contributed by atoms with Crippen LogP contribution in [-0.2, 0) is 6.54 Å². The highest BCUT2D eigenvalue weighted by Crippen LogP contribution is 2.43. The molecule has 1 aliphatic heterocycles. The normalized spacial score (nSPS) is 14.3. The number of phenols is 1. The van der Waals surface area contributed by atoms with Gasteiger partial charge in [-0.1, -0.05) is 41.9 Å². The fourth-order valence-electron chi connectivity index (χ4n) is 6.56. The number of benzene rings is 4. The van der Waals surface area contributed by atoms with Crippen LogP contribution in [0.15, 0.2) is 111 Å². The van der Waals surface area contributed by atoms with Gasteiger partial charge in [0.2, 0.25) is 0 Å². The minimum Gasteiger partial charge on any atom is -0.511 e. The second-order valence-corrected chi connectivity index (χ2v) is 13.1. The van der Waals surface area contributed by atoms with Crippen LogP contribution in [0.3, 0.4) is 0 Å². The summed E-state index contributed by atoms with van der Waals surface area (Å²) in [4.78, 5) is 51.1. The Labute approximate surface area is 311 Å². The zero-order valence-corrected chi connectivity index (χ0v) is 29.2. The Morgan fingerprint density at radius 3 is 2.41 bits per heavy atom. The molecule has 14 heteroatoms. The third-order valence-electron chi connectivity index (χ3n) is 9.15. The van der Waals surface area contributed by atoms with E-state index in [0.717, 1.165) is 6.08 Å². The van der Waals surface area contributed by atoms with Crippen LogP contribution in [0.5, 0.6) is 5.75 Å². The lowest BCUT2D eigenvalue weighted by Gasteiger charge is -2.20. The number of hydrogen-bond acceptors (Lipinski definition) is 9. The molecule has 1 atom stereocenters. The van der Waals surface area contributed by atoms with Gasteiger partial charge < -0.3 is 35.5 Å². The summed E-state index contributed by atoms with van der Waals surface area (Å²) >= 11 is 6.20. The van der Waals surface area contributed by atoms with Crippen molar-refractivity contribution >= 4 is 40.4 Å². The predicted octanol–water partition coefficient (Wildman–Crippen LogP) is 6.98. The number of rotatable bonds is 9. The van der Waals surface area contributed by atoms with Crippen molar-refractivity contribution in [3.8, 4) is 39.3 Å². The topological polar surface area (TPSA) is 215 Å². The number of H-pyrrole nitrogens is 1. The number of carbonyl (C=O) groups is 3. The van der Waals surface area contributed by atoms with Gasteiger partial charge in [-0.05, 0) is 60.0 Å². The number of nitrogens with zero attached hydrogens (tertiary/aromatic N) is 1. The molecule has 2 heterocycles. The number of nitrogens with one attached hydrogen (secondary N) is 3. The van der Waals surface area contributed by atoms with Crippen molar-refractivity contribution in [1.29, 1.82) is 0 Å². The van der Waals surface area contributed by atoms with Crippen LogP contribution in [-0.4, -0.2) is 55.0 Å². The van der Waals surface area contributed by atoms with Gasteiger partial charge in [0, 0.05) is 65.4 Å². The van der Waals surface area contributed by atoms with Gasteiger partial charge in [0.25, 0.3) is 11.8 Å². The number of hydrogen-bond donors (Lipinski definition) is 7. The lowest BCUT2D eigenvalue weighted by Crippen LogP contribution is -2.24. The Bertz CT molecular complexity index is 2590. The van der Waals surface area contributed by atoms with E-state index in [1.54, 1.807) is 43.3 Å². The number of carbonyl (C=O) groups excluding carboxylic acids is 2. The van der Waals surface area contributed by atoms with Gasteiger partial charge in [0.05, 0.1) is 22.2 Å². The zero-order chi connectivity index (χ0) is 38.3. The fourth-order valence-corrected chi connectivity index (χ4v) is 6.77. The first-order chi connectivity index (χ1) is 25.9. The lowest BCUT2D eigenvalue weighted by atomic mass is 9.88. The number of amides is 2. The van der Waals surface area contributed by atoms with Gasteiger partial charge in [-0.15, -0.1) is 0 Å². The molecule has 3 aromatic carbocycles. The second kappa shape index (κ2) is 14.3. The molecule has 3 aliphatic rings. The summed E-state index contributed by atoms with van der Waals surface area (Å²) in [6.07, 6.45) is 1.22. The summed E-state index contributed by atoms with van der Waals surface area (Å²) in [5.41, 5.74) is 3.32. The molecule has 7 rings (SSSR count). The second-order valence-electron chi connectivity index (χ2n) is 12.6. The van der Waals surface area contributed by atoms with E-state index in [9.17, 15) is 39.6 Å². The number of halogens is 1. The number of aromatic nitrogens is 2. The van der Waals surface area contributed by atoms with Crippen molar-refractivity contribution in [2.75, 3.05) is 6.54 Å². The molecule has 272 valence electrons. The Morgan fingerprint density at radius 1 is 0.907 bits per heavy atom. The van der Waals surface area contributed by atoms with Crippen molar-refractivity contribution in [2.45, 2.75) is 25.8 Å². The van der Waals surface area contributed by atoms with E-state index >= 15 is 0 Å². The summed E-state index contributed by atoms with van der Waals surface area (Å²) in [6, 6.07) is 19.9. The van der Waals surface area contributed by atoms with Crippen LogP contribution in [0.2, 0.25) is 0 Å². The largest absolute Gasteiger partial charge is 0.511 e. The minimum atomic E-state index is -1.28. The maximum Gasteiger partial charge on any atom is 0.336 e. The average Bonchev–Trinajstić information content (AvgIpc) is 3.59. The van der Waals surface area contributed by atoms with Crippen molar-refractivity contribution in [3.63, 3.8) is 0 Å². The molecule has 1 aromatic heterocycles. The molecule has 0 spiro atoms. The van der Waals surface area contributed by atoms with E-state index in [2.05, 4.69) is 20.8 Å². The van der Waals surface area contributed by atoms with Crippen LogP contribution in [0.25, 0.3) is 44.5 Å². The number of aliphatic hydroxyl groups excluding tert-OH is 2. The van der Waals surface area contributed by atoms with Gasteiger partial charge in [-0.3, -0.25) is 19.5 Å². The maximum absolute atomic E-state index is 13.4. The van der Waals surface area contributed by atoms with Crippen molar-refractivity contribution < 1.29 is 39.2 Å². The quantitative estimate of drug-likeness (QED) is 0.0754. The Hall–Kier alpha value is -6.86. The smallest absolute Gasteiger partial charge is 0.336 e. The highest BCUT2D eigenvalue weighted by atomic mass is 35.5. The standard InChI is InChI=1S/C40H31ClN4O9/c1-2-42-39(51)37-34(36(44-45-37)28-16-29(41)31(49)17-30(28)48)20-5-3-19(4-6-20)18-43-38(50)21-7-10-24(27(13-21)40(52)53)35-25-11-8-22(46)14-32(25)54-33-15-23(47)9-12-26(33)35/h3-15,17,28,46,48-49H,2,16,18H2,1H3,(H,42,51)(H,43,50)(H,44,45)(H,52,53). The van der Waals surface area contributed by atoms with E-state index in [4.69, 9.17) is 16.0 Å². The van der Waals surface area contributed by atoms with Crippen molar-refractivity contribution in [1.82, 2.24) is 20.8 Å². The summed E-state index contributed by atoms with van der Waals surface area (Å²) < 4.78 is 5.88. The molecule has 0 saturated carbocycles. The number of carboxylic acid groups (broad SMARTS) is 1. The summed E-state index contributed by atoms with van der Waals surface area (Å²) in [5.74, 6) is -3.23. The molecule has 0 radical (unpaired) electrons. The molecular weight excluding hydrogens is 716 g/mol. The first-order valence-corrected chi connectivity index (χ1v) is 17.1. The van der Waals surface area contributed by atoms with Crippen LogP contribution in [0.1, 0.15) is 61.7 Å². The molecule has 0 fully saturated rings. The minimum absolute atomic E-state index is 0.0677. The van der Waals surface area contributed by atoms with E-state index in [1.807, 2.05) is 0 Å². The average molecular weight is 747 g/mol. The van der Waals surface area contributed by atoms with E-state index in [-0.39, 0.29) is 74.4 Å². The Balaban J connectivity index is 1.16. The molecule has 0 saturated heterocycles. The number of fused-ring (bicyclic) bond motifs is 2. The number of aromatic hydroxyl groups is 1. The number of carboxylic acids is 1. The number of aromatic carboxylic acids is 1. The van der Waals surface area contributed by atoms with Crippen LogP contribution in [0, 0.1) is 0 Å². The van der Waals surface area contributed by atoms with E-state index in [1.165, 1.54) is 42.5 Å². The first-order valence-electron chi connectivity index (χ1n) is 16.7. The molecule has 7 N–H and O–H groups in total. The predicted molar refractivity (Wildman–Crippen MR) is 200 cm³/mol. The molecule has 4 aromatic rings. The molecular formula is C40H31ClN4O9. The van der Waals surface area contributed by atoms with E-state index < -0.39 is 23.7 Å². The van der Waals surface area contributed by atoms with Crippen LogP contribution >= 0.6 is 11.6 Å². The molecule has 13 nitrogen and oxygen atoms in total. The summed E-state index contributed by atoms with van der Waals surface area (Å²) in [7, 11) is 0. The summed E-state index contributed by atoms with van der Waals surface area (Å²) in [6.45, 7) is 2.22. The maximum atomic E-state index is 13.4. The third kappa shape index (κ3) is 6.63. The SMILES string of the molecule is CCNC(=O)c1[nH]nc(C2CC(Cl)=C(O)C=C2O)c1-c1ccc(CNC(=O)c2ccc(-c3c4ccc(=O)cc-4oc4cc(O)ccc34)c(C(=O)O)c2)cc1. The molecule has 54 heavy (non-hydrogen) atoms. The van der Waals surface area contributed by atoms with Crippen LogP contribution in [0.4, 0.5) is 0 Å².